The number of ketones is 1. The van der Waals surface area contributed by atoms with E-state index in [9.17, 15) is 4.79 Å². The summed E-state index contributed by atoms with van der Waals surface area (Å²) in [6.07, 6.45) is 1.55. The number of rotatable bonds is 0. The van der Waals surface area contributed by atoms with E-state index >= 15 is 0 Å². The smallest absolute Gasteiger partial charge is 0.190 e. The minimum Gasteiger partial charge on any atom is -0.367 e. The van der Waals surface area contributed by atoms with Crippen LogP contribution in [-0.4, -0.2) is 17.3 Å². The van der Waals surface area contributed by atoms with Crippen LogP contribution in [0.4, 0.5) is 0 Å². The number of halogens is 1. The summed E-state index contributed by atoms with van der Waals surface area (Å²) >= 11 is 3.18. The number of carbonyl (C=O) groups excluding carboxylic acids is 1. The molecule has 0 aromatic carbocycles. The third kappa shape index (κ3) is 1.28. The minimum absolute atomic E-state index is 0.0291. The highest BCUT2D eigenvalue weighted by Crippen LogP contribution is 2.18. The van der Waals surface area contributed by atoms with Gasteiger partial charge in [-0.3, -0.25) is 9.78 Å². The molecule has 0 N–H and O–H groups in total. The summed E-state index contributed by atoms with van der Waals surface area (Å²) in [6, 6.07) is 1.56. The van der Waals surface area contributed by atoms with Crippen LogP contribution in [0.2, 0.25) is 0 Å². The Hall–Kier alpha value is -0.740. The normalized spacial score (nSPS) is 22.6. The van der Waals surface area contributed by atoms with Gasteiger partial charge in [0.15, 0.2) is 5.78 Å². The number of Topliss-reactive ketones (excluding diaryl/α,β-unsaturated/α-hetero) is 1. The molecule has 0 bridgehead atoms. The Morgan fingerprint density at radius 1 is 1.75 bits per heavy atom. The summed E-state index contributed by atoms with van der Waals surface area (Å²) in [4.78, 5) is 15.5. The number of ether oxygens (including phenoxy) is 1. The number of hydrogen-bond donors (Lipinski definition) is 0. The second-order valence-corrected chi connectivity index (χ2v) is 3.28. The lowest BCUT2D eigenvalue weighted by molar-refractivity contribution is 0.0655. The highest BCUT2D eigenvalue weighted by molar-refractivity contribution is 9.10. The fourth-order valence-electron chi connectivity index (χ4n) is 1.00. The molecule has 0 saturated carbocycles. The van der Waals surface area contributed by atoms with Crippen LogP contribution in [0.5, 0.6) is 0 Å². The lowest BCUT2D eigenvalue weighted by Gasteiger charge is -2.13. The summed E-state index contributed by atoms with van der Waals surface area (Å²) in [6.45, 7) is -2.20. The molecule has 1 aliphatic heterocycles. The predicted octanol–water partition coefficient (Wildman–Crippen LogP) is 1.56. The first-order chi connectivity index (χ1) is 6.50. The van der Waals surface area contributed by atoms with E-state index in [-0.39, 0.29) is 12.2 Å². The molecule has 0 saturated heterocycles. The van der Waals surface area contributed by atoms with E-state index in [4.69, 9.17) is 7.48 Å². The molecular formula is C8H6BrNO2. The molecule has 1 aromatic rings. The van der Waals surface area contributed by atoms with Crippen LogP contribution in [0.3, 0.4) is 0 Å². The van der Waals surface area contributed by atoms with Crippen LogP contribution in [0.1, 0.15) is 18.8 Å². The molecule has 0 atom stereocenters. The van der Waals surface area contributed by atoms with Crippen LogP contribution in [0, 0.1) is 0 Å². The molecule has 1 aromatic heterocycles. The maximum Gasteiger partial charge on any atom is 0.190 e. The molecule has 4 heteroatoms. The van der Waals surface area contributed by atoms with Gasteiger partial charge in [-0.05, 0) is 22.0 Å². The van der Waals surface area contributed by atoms with Crippen molar-refractivity contribution in [3.8, 4) is 0 Å². The zero-order valence-corrected chi connectivity index (χ0v) is 7.59. The number of nitrogens with zero attached hydrogens (tertiary/aromatic N) is 1. The molecule has 1 aliphatic rings. The molecule has 0 spiro atoms. The van der Waals surface area contributed by atoms with Crippen molar-refractivity contribution in [3.05, 3.63) is 28.0 Å². The third-order valence-corrected chi connectivity index (χ3v) is 1.99. The average molecular weight is 230 g/mol. The molecule has 0 amide bonds. The summed E-state index contributed by atoms with van der Waals surface area (Å²) in [5.41, 5.74) is 0.768. The van der Waals surface area contributed by atoms with E-state index in [2.05, 4.69) is 20.9 Å². The molecular weight excluding hydrogens is 222 g/mol. The van der Waals surface area contributed by atoms with Crippen molar-refractivity contribution in [1.82, 2.24) is 4.98 Å². The van der Waals surface area contributed by atoms with E-state index in [1.54, 1.807) is 12.3 Å². The van der Waals surface area contributed by atoms with Gasteiger partial charge >= 0.3 is 0 Å². The number of pyridine rings is 1. The van der Waals surface area contributed by atoms with Gasteiger partial charge in [0.1, 0.15) is 6.56 Å². The van der Waals surface area contributed by atoms with Gasteiger partial charge in [0.2, 0.25) is 0 Å². The Bertz CT molecular complexity index is 408. The second kappa shape index (κ2) is 2.95. The standard InChI is InChI=1S/C8H6BrNO2/c9-5-1-6-7(10-2-5)3-12-4-8(6)11/h1-2H,3-4H2/i4D2. The average Bonchev–Trinajstić information content (AvgIpc) is 2.13. The zero-order chi connectivity index (χ0) is 10.3. The lowest BCUT2D eigenvalue weighted by atomic mass is 10.1. The summed E-state index contributed by atoms with van der Waals surface area (Å²) < 4.78 is 20.0. The van der Waals surface area contributed by atoms with Crippen LogP contribution in [0.15, 0.2) is 16.7 Å². The van der Waals surface area contributed by atoms with Gasteiger partial charge in [0.25, 0.3) is 0 Å². The second-order valence-electron chi connectivity index (χ2n) is 2.37. The minimum atomic E-state index is -2.23. The molecule has 0 radical (unpaired) electrons. The van der Waals surface area contributed by atoms with Gasteiger partial charge in [-0.2, -0.15) is 0 Å². The Balaban J connectivity index is 2.54. The Kier molecular flexibility index (Phi) is 1.43. The predicted molar refractivity (Wildman–Crippen MR) is 45.9 cm³/mol. The van der Waals surface area contributed by atoms with E-state index in [0.717, 1.165) is 0 Å². The molecule has 2 rings (SSSR count). The first-order valence-electron chi connectivity index (χ1n) is 4.34. The molecule has 0 fully saturated rings. The molecule has 12 heavy (non-hydrogen) atoms. The number of carbonyl (C=O) groups is 1. The van der Waals surface area contributed by atoms with Gasteiger partial charge in [-0.25, -0.2) is 0 Å². The highest BCUT2D eigenvalue weighted by Gasteiger charge is 2.18. The summed E-state index contributed by atoms with van der Waals surface area (Å²) in [7, 11) is 0. The summed E-state index contributed by atoms with van der Waals surface area (Å²) in [5, 5.41) is 0. The molecule has 2 heterocycles. The fraction of sp³-hybridized carbons (Fsp3) is 0.250. The van der Waals surface area contributed by atoms with Crippen LogP contribution >= 0.6 is 15.9 Å². The van der Waals surface area contributed by atoms with E-state index < -0.39 is 12.3 Å². The summed E-state index contributed by atoms with van der Waals surface area (Å²) in [5.74, 6) is -0.674. The SMILES string of the molecule is [2H]C1([2H])OCc2ncc(Br)cc2C1=O. The van der Waals surface area contributed by atoms with Crippen molar-refractivity contribution >= 4 is 21.7 Å². The maximum absolute atomic E-state index is 11.5. The Morgan fingerprint density at radius 3 is 3.42 bits per heavy atom. The highest BCUT2D eigenvalue weighted by atomic mass is 79.9. The third-order valence-electron chi connectivity index (χ3n) is 1.56. The van der Waals surface area contributed by atoms with Gasteiger partial charge in [0.05, 0.1) is 15.0 Å². The number of hydrogen-bond acceptors (Lipinski definition) is 3. The van der Waals surface area contributed by atoms with Crippen LogP contribution in [0.25, 0.3) is 0 Å². The van der Waals surface area contributed by atoms with Crippen LogP contribution < -0.4 is 0 Å². The van der Waals surface area contributed by atoms with Gasteiger partial charge in [0, 0.05) is 16.2 Å². The van der Waals surface area contributed by atoms with Crippen molar-refractivity contribution in [1.29, 1.82) is 0 Å². The van der Waals surface area contributed by atoms with Crippen molar-refractivity contribution in [3.63, 3.8) is 0 Å². The van der Waals surface area contributed by atoms with Gasteiger partial charge < -0.3 is 4.74 Å². The molecule has 0 aliphatic carbocycles. The monoisotopic (exact) mass is 229 g/mol. The first-order valence-corrected chi connectivity index (χ1v) is 4.13. The van der Waals surface area contributed by atoms with Crippen molar-refractivity contribution in [2.45, 2.75) is 6.61 Å². The first kappa shape index (κ1) is 5.83. The molecule has 62 valence electrons. The molecule has 3 nitrogen and oxygen atoms in total. The van der Waals surface area contributed by atoms with Crippen molar-refractivity contribution in [2.75, 3.05) is 6.56 Å². The van der Waals surface area contributed by atoms with E-state index in [1.165, 1.54) is 0 Å². The number of fused-ring (bicyclic) bond motifs is 1. The largest absolute Gasteiger partial charge is 0.367 e. The van der Waals surface area contributed by atoms with Gasteiger partial charge in [-0.15, -0.1) is 0 Å². The van der Waals surface area contributed by atoms with E-state index in [0.29, 0.717) is 10.2 Å². The lowest BCUT2D eigenvalue weighted by Crippen LogP contribution is -2.19. The Morgan fingerprint density at radius 2 is 2.58 bits per heavy atom. The molecule has 0 unspecified atom stereocenters. The topological polar surface area (TPSA) is 39.2 Å². The zero-order valence-electron chi connectivity index (χ0n) is 8.00. The van der Waals surface area contributed by atoms with Crippen molar-refractivity contribution < 1.29 is 12.3 Å². The fourth-order valence-corrected chi connectivity index (χ4v) is 1.34. The maximum atomic E-state index is 11.5. The number of aromatic nitrogens is 1. The van der Waals surface area contributed by atoms with Crippen LogP contribution in [-0.2, 0) is 11.3 Å². The van der Waals surface area contributed by atoms with Crippen molar-refractivity contribution in [2.24, 2.45) is 0 Å². The quantitative estimate of drug-likeness (QED) is 0.678. The van der Waals surface area contributed by atoms with Gasteiger partial charge in [-0.1, -0.05) is 0 Å². The van der Waals surface area contributed by atoms with E-state index in [1.807, 2.05) is 0 Å². The Labute approximate surface area is 80.7 Å².